The number of allylic oxidation sites excluding steroid dienone is 16. The number of aliphatic hydroxyl groups is 3. The van der Waals surface area contributed by atoms with Gasteiger partial charge >= 0.3 is 27.6 Å². The number of phosphoric ester groups is 2. The van der Waals surface area contributed by atoms with Crippen molar-refractivity contribution in [3.63, 3.8) is 0 Å². The Kier molecular flexibility index (Phi) is 46.1. The summed E-state index contributed by atoms with van der Waals surface area (Å²) < 4.78 is 53.0. The fourth-order valence-corrected chi connectivity index (χ4v) is 7.59. The average Bonchev–Trinajstić information content (AvgIpc) is 3.34. The molecule has 0 spiro atoms. The summed E-state index contributed by atoms with van der Waals surface area (Å²) in [6.07, 6.45) is 52.4. The summed E-state index contributed by atoms with van der Waals surface area (Å²) in [4.78, 5) is 43.8. The van der Waals surface area contributed by atoms with Gasteiger partial charge in [-0.3, -0.25) is 27.7 Å². The van der Waals surface area contributed by atoms with Crippen LogP contribution in [0.25, 0.3) is 0 Å². The van der Waals surface area contributed by atoms with E-state index in [4.69, 9.17) is 9.47 Å². The molecule has 4 unspecified atom stereocenters. The van der Waals surface area contributed by atoms with Gasteiger partial charge in [-0.15, -0.1) is 0 Å². The molecule has 0 aromatic heterocycles. The number of carbonyl (C=O) groups is 2. The maximum atomic E-state index is 12.2. The molecule has 0 aromatic rings. The molecule has 0 rings (SSSR count). The van der Waals surface area contributed by atoms with Crippen LogP contribution in [0.15, 0.2) is 97.2 Å². The second kappa shape index (κ2) is 48.2. The van der Waals surface area contributed by atoms with Crippen molar-refractivity contribution in [2.75, 3.05) is 39.6 Å². The molecule has 70 heavy (non-hydrogen) atoms. The minimum Gasteiger partial charge on any atom is -0.463 e. The van der Waals surface area contributed by atoms with E-state index in [1.807, 2.05) is 0 Å². The molecule has 0 heterocycles. The Morgan fingerprint density at radius 3 is 0.886 bits per heavy atom. The molecule has 15 nitrogen and oxygen atoms in total. The fourth-order valence-electron chi connectivity index (χ4n) is 6.00. The van der Waals surface area contributed by atoms with Gasteiger partial charge in [-0.2, -0.15) is 0 Å². The number of carbonyl (C=O) groups excluding carboxylic acids is 2. The SMILES string of the molecule is CCCCC/C=C\C/C=C\C/C=C\C/C=C\CCCCCC(=O)OCC(O)COP(=O)(O)OCC(O)COP(=O)(O)OCC(O)COC(=O)CCCCC/C=C\C/C=C\C/C=C\C/C=C\CCCCC. The molecule has 0 saturated heterocycles. The fraction of sp³-hybridized carbons (Fsp3) is 0.660. The van der Waals surface area contributed by atoms with E-state index in [0.717, 1.165) is 89.9 Å². The first-order chi connectivity index (χ1) is 33.8. The topological polar surface area (TPSA) is 225 Å². The van der Waals surface area contributed by atoms with Crippen molar-refractivity contribution in [2.24, 2.45) is 0 Å². The van der Waals surface area contributed by atoms with E-state index in [1.165, 1.54) is 38.5 Å². The summed E-state index contributed by atoms with van der Waals surface area (Å²) in [6, 6.07) is 0. The Hall–Kier alpha value is -3.04. The van der Waals surface area contributed by atoms with Crippen molar-refractivity contribution >= 4 is 27.6 Å². The number of hydrogen-bond acceptors (Lipinski definition) is 13. The number of esters is 2. The third-order valence-electron chi connectivity index (χ3n) is 10.0. The molecule has 0 aliphatic heterocycles. The number of aliphatic hydroxyl groups excluding tert-OH is 3. The van der Waals surface area contributed by atoms with Crippen molar-refractivity contribution < 1.29 is 71.4 Å². The monoisotopic (exact) mass is 1030 g/mol. The smallest absolute Gasteiger partial charge is 0.463 e. The summed E-state index contributed by atoms with van der Waals surface area (Å²) in [6.45, 7) is 0.269. The van der Waals surface area contributed by atoms with Gasteiger partial charge in [0.2, 0.25) is 0 Å². The highest BCUT2D eigenvalue weighted by molar-refractivity contribution is 7.47. The van der Waals surface area contributed by atoms with Gasteiger partial charge in [-0.05, 0) is 103 Å². The zero-order valence-corrected chi connectivity index (χ0v) is 44.2. The van der Waals surface area contributed by atoms with Gasteiger partial charge in [-0.25, -0.2) is 9.13 Å². The van der Waals surface area contributed by atoms with Crippen LogP contribution < -0.4 is 0 Å². The Morgan fingerprint density at radius 1 is 0.371 bits per heavy atom. The molecule has 0 aliphatic carbocycles. The summed E-state index contributed by atoms with van der Waals surface area (Å²) in [7, 11) is -9.61. The number of unbranched alkanes of at least 4 members (excludes halogenated alkanes) is 12. The minimum absolute atomic E-state index is 0.154. The summed E-state index contributed by atoms with van der Waals surface area (Å²) >= 11 is 0. The lowest BCUT2D eigenvalue weighted by Gasteiger charge is -2.19. The first-order valence-electron chi connectivity index (χ1n) is 25.6. The lowest BCUT2D eigenvalue weighted by molar-refractivity contribution is -0.148. The molecule has 0 aliphatic rings. The number of hydrogen-bond donors (Lipinski definition) is 5. The van der Waals surface area contributed by atoms with Crippen molar-refractivity contribution in [3.05, 3.63) is 97.2 Å². The maximum Gasteiger partial charge on any atom is 0.472 e. The van der Waals surface area contributed by atoms with Crippen molar-refractivity contribution in [1.82, 2.24) is 0 Å². The van der Waals surface area contributed by atoms with Crippen LogP contribution in [-0.2, 0) is 46.3 Å². The normalized spacial score (nSPS) is 15.7. The molecule has 0 amide bonds. The first kappa shape index (κ1) is 67.0. The summed E-state index contributed by atoms with van der Waals surface area (Å²) in [5.74, 6) is -1.06. The Morgan fingerprint density at radius 2 is 0.614 bits per heavy atom. The molecule has 402 valence electrons. The van der Waals surface area contributed by atoms with E-state index >= 15 is 0 Å². The lowest BCUT2D eigenvalue weighted by atomic mass is 10.1. The third-order valence-corrected chi connectivity index (χ3v) is 11.9. The van der Waals surface area contributed by atoms with Crippen LogP contribution in [0.1, 0.15) is 168 Å². The Bertz CT molecular complexity index is 1500. The zero-order valence-electron chi connectivity index (χ0n) is 42.4. The molecule has 0 fully saturated rings. The Labute approximate surface area is 420 Å². The lowest BCUT2D eigenvalue weighted by Crippen LogP contribution is -2.25. The number of phosphoric acid groups is 2. The minimum atomic E-state index is -4.80. The van der Waals surface area contributed by atoms with Crippen molar-refractivity contribution in [2.45, 2.75) is 186 Å². The quantitative estimate of drug-likeness (QED) is 0.0165. The Balaban J connectivity index is 3.96. The van der Waals surface area contributed by atoms with Crippen molar-refractivity contribution in [3.8, 4) is 0 Å². The van der Waals surface area contributed by atoms with Gasteiger partial charge in [-0.1, -0.05) is 150 Å². The predicted octanol–water partition coefficient (Wildman–Crippen LogP) is 12.3. The van der Waals surface area contributed by atoms with E-state index < -0.39 is 85.5 Å². The van der Waals surface area contributed by atoms with Crippen LogP contribution in [0.2, 0.25) is 0 Å². The van der Waals surface area contributed by atoms with Crippen molar-refractivity contribution in [1.29, 1.82) is 0 Å². The second-order valence-corrected chi connectivity index (χ2v) is 19.7. The van der Waals surface area contributed by atoms with Crippen LogP contribution in [-0.4, -0.2) is 95.0 Å². The van der Waals surface area contributed by atoms with Gasteiger partial charge < -0.3 is 34.6 Å². The molecule has 5 N–H and O–H groups in total. The van der Waals surface area contributed by atoms with Gasteiger partial charge in [0.05, 0.1) is 26.4 Å². The van der Waals surface area contributed by atoms with Gasteiger partial charge in [0.1, 0.15) is 31.5 Å². The highest BCUT2D eigenvalue weighted by atomic mass is 31.2. The number of ether oxygens (including phenoxy) is 2. The third kappa shape index (κ3) is 49.9. The van der Waals surface area contributed by atoms with E-state index in [0.29, 0.717) is 12.8 Å². The van der Waals surface area contributed by atoms with Gasteiger partial charge in [0.25, 0.3) is 0 Å². The van der Waals surface area contributed by atoms with Gasteiger partial charge in [0, 0.05) is 12.8 Å². The van der Waals surface area contributed by atoms with Gasteiger partial charge in [0.15, 0.2) is 0 Å². The zero-order chi connectivity index (χ0) is 51.7. The molecule has 17 heteroatoms. The maximum absolute atomic E-state index is 12.2. The highest BCUT2D eigenvalue weighted by Gasteiger charge is 2.28. The van der Waals surface area contributed by atoms with Crippen LogP contribution in [0.5, 0.6) is 0 Å². The molecule has 0 bridgehead atoms. The van der Waals surface area contributed by atoms with E-state index in [1.54, 1.807) is 0 Å². The largest absolute Gasteiger partial charge is 0.472 e. The molecule has 0 radical (unpaired) electrons. The molecular weight excluding hydrogens is 939 g/mol. The predicted molar refractivity (Wildman–Crippen MR) is 279 cm³/mol. The summed E-state index contributed by atoms with van der Waals surface area (Å²) in [5.41, 5.74) is 0. The van der Waals surface area contributed by atoms with E-state index in [9.17, 15) is 43.8 Å². The number of rotatable bonds is 48. The molecule has 0 saturated carbocycles. The standard InChI is InChI=1S/C53H90O15P2/c1-3-5-7-9-11-13-15-17-19-21-23-25-27-29-31-33-35-37-39-41-52(57)63-43-49(54)45-65-69(59,60)67-47-51(56)48-68-70(61,62)66-46-50(55)44-64-53(58)42-40-38-36-34-32-30-28-26-24-22-20-18-16-14-12-10-8-6-4-2/h11-14,17-20,23-26,29-32,49-51,54-56H,3-10,15-16,21-22,27-28,33-48H2,1-2H3,(H,59,60)(H,61,62)/b13-11-,14-12-,19-17-,20-18-,25-23-,26-24-,31-29-,32-30-. The van der Waals surface area contributed by atoms with Crippen LogP contribution in [0.3, 0.4) is 0 Å². The van der Waals surface area contributed by atoms with E-state index in [-0.39, 0.29) is 12.8 Å². The average molecular weight is 1030 g/mol. The second-order valence-electron chi connectivity index (χ2n) is 16.8. The molecular formula is C53H90O15P2. The molecule has 0 aromatic carbocycles. The summed E-state index contributed by atoms with van der Waals surface area (Å²) in [5, 5.41) is 30.1. The van der Waals surface area contributed by atoms with Crippen LogP contribution >= 0.6 is 15.6 Å². The highest BCUT2D eigenvalue weighted by Crippen LogP contribution is 2.45. The van der Waals surface area contributed by atoms with E-state index in [2.05, 4.69) is 129 Å². The molecule has 4 atom stereocenters. The first-order valence-corrected chi connectivity index (χ1v) is 28.6. The van der Waals surface area contributed by atoms with Crippen LogP contribution in [0.4, 0.5) is 0 Å². The van der Waals surface area contributed by atoms with Crippen LogP contribution in [0, 0.1) is 0 Å².